The normalized spacial score (nSPS) is 19.0. The Morgan fingerprint density at radius 1 is 1.33 bits per heavy atom. The number of anilines is 1. The van der Waals surface area contributed by atoms with Gasteiger partial charge in [0.1, 0.15) is 6.33 Å². The molecular formula is C14H18N6O. The van der Waals surface area contributed by atoms with E-state index in [4.69, 9.17) is 0 Å². The fourth-order valence-electron chi connectivity index (χ4n) is 2.49. The number of nitrogens with zero attached hydrogens (tertiary/aromatic N) is 4. The van der Waals surface area contributed by atoms with Crippen LogP contribution in [0.3, 0.4) is 0 Å². The first kappa shape index (κ1) is 13.7. The van der Waals surface area contributed by atoms with Gasteiger partial charge in [-0.25, -0.2) is 4.68 Å². The van der Waals surface area contributed by atoms with Crippen LogP contribution >= 0.6 is 0 Å². The van der Waals surface area contributed by atoms with E-state index in [0.717, 1.165) is 37.2 Å². The average Bonchev–Trinajstić information content (AvgIpc) is 2.90. The van der Waals surface area contributed by atoms with Gasteiger partial charge >= 0.3 is 0 Å². The number of carbonyl (C=O) groups is 1. The van der Waals surface area contributed by atoms with Crippen LogP contribution in [0.15, 0.2) is 30.6 Å². The van der Waals surface area contributed by atoms with E-state index < -0.39 is 0 Å². The van der Waals surface area contributed by atoms with Crippen molar-refractivity contribution >= 4 is 11.6 Å². The topological polar surface area (TPSA) is 84.7 Å². The minimum atomic E-state index is -0.107. The molecule has 1 saturated heterocycles. The van der Waals surface area contributed by atoms with E-state index in [2.05, 4.69) is 26.2 Å². The van der Waals surface area contributed by atoms with Crippen LogP contribution in [0.25, 0.3) is 5.69 Å². The Bertz CT molecular complexity index is 589. The van der Waals surface area contributed by atoms with Crippen LogP contribution in [0.5, 0.6) is 0 Å². The summed E-state index contributed by atoms with van der Waals surface area (Å²) in [5, 5.41) is 17.3. The Kier molecular flexibility index (Phi) is 4.20. The standard InChI is InChI=1S/C14H18N6O/c21-14(13-7-2-1-3-8-15-13)17-11-5-4-6-12(9-11)20-10-16-18-19-20/h4-6,9-10,13,15H,1-3,7-8H2,(H,17,21). The van der Waals surface area contributed by atoms with Gasteiger partial charge in [-0.1, -0.05) is 18.9 Å². The second kappa shape index (κ2) is 6.45. The zero-order valence-electron chi connectivity index (χ0n) is 11.7. The summed E-state index contributed by atoms with van der Waals surface area (Å²) in [6, 6.07) is 7.36. The summed E-state index contributed by atoms with van der Waals surface area (Å²) >= 11 is 0. The Balaban J connectivity index is 1.69. The van der Waals surface area contributed by atoms with E-state index in [-0.39, 0.29) is 11.9 Å². The predicted octanol–water partition coefficient (Wildman–Crippen LogP) is 1.13. The molecule has 1 aromatic carbocycles. The monoisotopic (exact) mass is 286 g/mol. The number of rotatable bonds is 3. The van der Waals surface area contributed by atoms with E-state index in [1.165, 1.54) is 12.7 Å². The highest BCUT2D eigenvalue weighted by molar-refractivity contribution is 5.95. The van der Waals surface area contributed by atoms with Gasteiger partial charge in [0.05, 0.1) is 11.7 Å². The second-order valence-electron chi connectivity index (χ2n) is 5.15. The van der Waals surface area contributed by atoms with E-state index in [1.807, 2.05) is 24.3 Å². The summed E-state index contributed by atoms with van der Waals surface area (Å²) in [5.41, 5.74) is 1.56. The number of amides is 1. The SMILES string of the molecule is O=C(Nc1cccc(-n2cnnn2)c1)C1CCCCCN1. The molecule has 0 bridgehead atoms. The summed E-state index contributed by atoms with van der Waals surface area (Å²) in [5.74, 6) is 0.0192. The molecule has 21 heavy (non-hydrogen) atoms. The molecule has 1 aromatic heterocycles. The molecule has 2 heterocycles. The summed E-state index contributed by atoms with van der Waals surface area (Å²) in [4.78, 5) is 12.3. The minimum Gasteiger partial charge on any atom is -0.325 e. The molecule has 3 rings (SSSR count). The molecule has 1 fully saturated rings. The first-order valence-corrected chi connectivity index (χ1v) is 7.20. The highest BCUT2D eigenvalue weighted by Gasteiger charge is 2.19. The lowest BCUT2D eigenvalue weighted by Gasteiger charge is -2.15. The van der Waals surface area contributed by atoms with Crippen LogP contribution < -0.4 is 10.6 Å². The molecule has 7 heteroatoms. The lowest BCUT2D eigenvalue weighted by molar-refractivity contribution is -0.118. The van der Waals surface area contributed by atoms with Crippen molar-refractivity contribution in [1.29, 1.82) is 0 Å². The molecular weight excluding hydrogens is 268 g/mol. The van der Waals surface area contributed by atoms with Gasteiger partial charge in [0, 0.05) is 5.69 Å². The van der Waals surface area contributed by atoms with E-state index in [1.54, 1.807) is 4.68 Å². The van der Waals surface area contributed by atoms with Crippen LogP contribution in [0.2, 0.25) is 0 Å². The first-order valence-electron chi connectivity index (χ1n) is 7.20. The Morgan fingerprint density at radius 3 is 3.14 bits per heavy atom. The molecule has 2 N–H and O–H groups in total. The smallest absolute Gasteiger partial charge is 0.241 e. The molecule has 1 aliphatic rings. The van der Waals surface area contributed by atoms with Crippen LogP contribution in [-0.4, -0.2) is 38.7 Å². The number of benzene rings is 1. The minimum absolute atomic E-state index is 0.0192. The fourth-order valence-corrected chi connectivity index (χ4v) is 2.49. The van der Waals surface area contributed by atoms with Crippen molar-refractivity contribution in [3.8, 4) is 5.69 Å². The summed E-state index contributed by atoms with van der Waals surface area (Å²) in [7, 11) is 0. The van der Waals surface area contributed by atoms with E-state index in [0.29, 0.717) is 0 Å². The molecule has 7 nitrogen and oxygen atoms in total. The lowest BCUT2D eigenvalue weighted by atomic mass is 10.1. The molecule has 0 aliphatic carbocycles. The number of hydrogen-bond acceptors (Lipinski definition) is 5. The molecule has 1 unspecified atom stereocenters. The first-order chi connectivity index (χ1) is 10.3. The molecule has 0 radical (unpaired) electrons. The third-order valence-corrected chi connectivity index (χ3v) is 3.60. The van der Waals surface area contributed by atoms with Gasteiger partial charge < -0.3 is 10.6 Å². The Hall–Kier alpha value is -2.28. The van der Waals surface area contributed by atoms with Gasteiger partial charge in [-0.15, -0.1) is 5.10 Å². The molecule has 1 atom stereocenters. The number of aromatic nitrogens is 4. The van der Waals surface area contributed by atoms with Crippen LogP contribution in [-0.2, 0) is 4.79 Å². The Labute approximate surface area is 122 Å². The molecule has 1 amide bonds. The van der Waals surface area contributed by atoms with Gasteiger partial charge in [-0.3, -0.25) is 4.79 Å². The highest BCUT2D eigenvalue weighted by atomic mass is 16.2. The largest absolute Gasteiger partial charge is 0.325 e. The molecule has 0 saturated carbocycles. The molecule has 110 valence electrons. The quantitative estimate of drug-likeness (QED) is 0.883. The molecule has 0 spiro atoms. The van der Waals surface area contributed by atoms with Gasteiger partial charge in [0.15, 0.2) is 0 Å². The van der Waals surface area contributed by atoms with Gasteiger partial charge in [-0.05, 0) is 48.0 Å². The van der Waals surface area contributed by atoms with Crippen molar-refractivity contribution in [2.75, 3.05) is 11.9 Å². The third kappa shape index (κ3) is 3.43. The van der Waals surface area contributed by atoms with Crippen molar-refractivity contribution in [2.45, 2.75) is 31.7 Å². The third-order valence-electron chi connectivity index (χ3n) is 3.60. The van der Waals surface area contributed by atoms with Crippen LogP contribution in [0, 0.1) is 0 Å². The maximum absolute atomic E-state index is 12.3. The number of hydrogen-bond donors (Lipinski definition) is 2. The second-order valence-corrected chi connectivity index (χ2v) is 5.15. The lowest BCUT2D eigenvalue weighted by Crippen LogP contribution is -2.39. The Morgan fingerprint density at radius 2 is 2.29 bits per heavy atom. The van der Waals surface area contributed by atoms with E-state index >= 15 is 0 Å². The van der Waals surface area contributed by atoms with Gasteiger partial charge in [0.25, 0.3) is 0 Å². The van der Waals surface area contributed by atoms with Gasteiger partial charge in [-0.2, -0.15) is 0 Å². The number of nitrogens with one attached hydrogen (secondary N) is 2. The maximum Gasteiger partial charge on any atom is 0.241 e. The highest BCUT2D eigenvalue weighted by Crippen LogP contribution is 2.15. The van der Waals surface area contributed by atoms with Crippen molar-refractivity contribution in [1.82, 2.24) is 25.5 Å². The summed E-state index contributed by atoms with van der Waals surface area (Å²) < 4.78 is 1.56. The molecule has 1 aliphatic heterocycles. The average molecular weight is 286 g/mol. The van der Waals surface area contributed by atoms with E-state index in [9.17, 15) is 4.79 Å². The zero-order chi connectivity index (χ0) is 14.5. The number of tetrazole rings is 1. The summed E-state index contributed by atoms with van der Waals surface area (Å²) in [6.07, 6.45) is 5.83. The molecule has 2 aromatic rings. The van der Waals surface area contributed by atoms with Crippen molar-refractivity contribution in [2.24, 2.45) is 0 Å². The van der Waals surface area contributed by atoms with Crippen LogP contribution in [0.1, 0.15) is 25.7 Å². The summed E-state index contributed by atoms with van der Waals surface area (Å²) in [6.45, 7) is 0.906. The fraction of sp³-hybridized carbons (Fsp3) is 0.429. The predicted molar refractivity (Wildman–Crippen MR) is 78.0 cm³/mol. The number of carbonyl (C=O) groups excluding carboxylic acids is 1. The van der Waals surface area contributed by atoms with Gasteiger partial charge in [0.2, 0.25) is 5.91 Å². The van der Waals surface area contributed by atoms with Crippen molar-refractivity contribution in [3.05, 3.63) is 30.6 Å². The zero-order valence-corrected chi connectivity index (χ0v) is 11.7. The van der Waals surface area contributed by atoms with Crippen molar-refractivity contribution < 1.29 is 4.79 Å². The van der Waals surface area contributed by atoms with Crippen LogP contribution in [0.4, 0.5) is 5.69 Å². The maximum atomic E-state index is 12.3. The van der Waals surface area contributed by atoms with Crippen molar-refractivity contribution in [3.63, 3.8) is 0 Å².